The minimum absolute atomic E-state index is 0.0358. The van der Waals surface area contributed by atoms with Crippen LogP contribution in [0.2, 0.25) is 0 Å². The van der Waals surface area contributed by atoms with Crippen molar-refractivity contribution >= 4 is 22.0 Å². The average Bonchev–Trinajstić information content (AvgIpc) is 3.13. The SMILES string of the molecule is Cc1nc2sc([C@H](c3ccc([N+](=O)[O-])cc3)N3C[C@@H](C)O[C@@H](C)C3)c(O)n2n1. The van der Waals surface area contributed by atoms with Crippen molar-refractivity contribution in [3.63, 3.8) is 0 Å². The van der Waals surface area contributed by atoms with E-state index < -0.39 is 4.92 Å². The Morgan fingerprint density at radius 3 is 2.50 bits per heavy atom. The highest BCUT2D eigenvalue weighted by Gasteiger charge is 2.34. The Balaban J connectivity index is 1.81. The van der Waals surface area contributed by atoms with Gasteiger partial charge in [0.25, 0.3) is 5.69 Å². The average molecular weight is 403 g/mol. The van der Waals surface area contributed by atoms with E-state index in [1.807, 2.05) is 13.8 Å². The van der Waals surface area contributed by atoms with Crippen molar-refractivity contribution in [1.82, 2.24) is 19.5 Å². The molecule has 148 valence electrons. The first-order valence-electron chi connectivity index (χ1n) is 9.02. The second-order valence-corrected chi connectivity index (χ2v) is 8.11. The molecule has 9 nitrogen and oxygen atoms in total. The number of aryl methyl sites for hydroxylation is 1. The number of nitrogens with zero attached hydrogens (tertiary/aromatic N) is 5. The van der Waals surface area contributed by atoms with Crippen LogP contribution >= 0.6 is 11.3 Å². The maximum atomic E-state index is 11.0. The molecular formula is C18H21N5O4S. The van der Waals surface area contributed by atoms with Crippen LogP contribution in [0, 0.1) is 17.0 Å². The van der Waals surface area contributed by atoms with Crippen molar-refractivity contribution in [2.24, 2.45) is 0 Å². The zero-order valence-electron chi connectivity index (χ0n) is 15.8. The second-order valence-electron chi connectivity index (χ2n) is 7.11. The van der Waals surface area contributed by atoms with Gasteiger partial charge in [-0.3, -0.25) is 15.0 Å². The molecule has 0 amide bonds. The summed E-state index contributed by atoms with van der Waals surface area (Å²) in [7, 11) is 0. The standard InChI is InChI=1S/C18H21N5O4S/c1-10-8-21(9-11(2)27-10)15(13-4-6-14(7-5-13)23(25)26)16-17(24)22-18(28-16)19-12(3)20-22/h4-7,10-11,15,24H,8-9H2,1-3H3/t10-,11+,15-/m0/s1. The Bertz CT molecular complexity index is 1010. The van der Waals surface area contributed by atoms with Gasteiger partial charge in [0.1, 0.15) is 5.82 Å². The lowest BCUT2D eigenvalue weighted by atomic mass is 10.0. The highest BCUT2D eigenvalue weighted by Crippen LogP contribution is 2.41. The van der Waals surface area contributed by atoms with E-state index in [-0.39, 0.29) is 29.8 Å². The number of hydrogen-bond acceptors (Lipinski definition) is 8. The molecule has 3 heterocycles. The molecule has 1 aliphatic rings. The van der Waals surface area contributed by atoms with E-state index in [2.05, 4.69) is 15.0 Å². The number of thiazole rings is 1. The molecule has 10 heteroatoms. The molecule has 1 fully saturated rings. The molecule has 2 aromatic heterocycles. The number of benzene rings is 1. The molecule has 1 aromatic carbocycles. The monoisotopic (exact) mass is 403 g/mol. The number of nitro benzene ring substituents is 1. The van der Waals surface area contributed by atoms with E-state index in [0.29, 0.717) is 28.8 Å². The van der Waals surface area contributed by atoms with Gasteiger partial charge in [0, 0.05) is 25.2 Å². The summed E-state index contributed by atoms with van der Waals surface area (Å²) >= 11 is 1.38. The highest BCUT2D eigenvalue weighted by atomic mass is 32.1. The summed E-state index contributed by atoms with van der Waals surface area (Å²) in [4.78, 5) is 18.5. The predicted octanol–water partition coefficient (Wildman–Crippen LogP) is 2.91. The highest BCUT2D eigenvalue weighted by molar-refractivity contribution is 7.17. The lowest BCUT2D eigenvalue weighted by molar-refractivity contribution is -0.384. The molecule has 0 saturated carbocycles. The Hall–Kier alpha value is -2.56. The van der Waals surface area contributed by atoms with E-state index in [0.717, 1.165) is 5.56 Å². The Kier molecular flexibility index (Phi) is 4.77. The van der Waals surface area contributed by atoms with Crippen LogP contribution in [0.1, 0.15) is 36.2 Å². The maximum Gasteiger partial charge on any atom is 0.269 e. The van der Waals surface area contributed by atoms with Gasteiger partial charge in [0.05, 0.1) is 28.1 Å². The summed E-state index contributed by atoms with van der Waals surface area (Å²) in [6.45, 7) is 7.16. The normalized spacial score (nSPS) is 21.8. The fraction of sp³-hybridized carbons (Fsp3) is 0.444. The van der Waals surface area contributed by atoms with Gasteiger partial charge in [-0.05, 0) is 26.3 Å². The minimum atomic E-state index is -0.416. The van der Waals surface area contributed by atoms with Crippen molar-refractivity contribution in [2.75, 3.05) is 13.1 Å². The molecule has 0 radical (unpaired) electrons. The van der Waals surface area contributed by atoms with Gasteiger partial charge >= 0.3 is 0 Å². The Morgan fingerprint density at radius 1 is 1.29 bits per heavy atom. The van der Waals surface area contributed by atoms with E-state index in [1.54, 1.807) is 19.1 Å². The van der Waals surface area contributed by atoms with Crippen LogP contribution in [0.15, 0.2) is 24.3 Å². The lowest BCUT2D eigenvalue weighted by Gasteiger charge is -2.40. The van der Waals surface area contributed by atoms with Crippen LogP contribution in [0.5, 0.6) is 5.88 Å². The third kappa shape index (κ3) is 3.34. The topological polar surface area (TPSA) is 106 Å². The Labute approximate surface area is 165 Å². The van der Waals surface area contributed by atoms with Crippen molar-refractivity contribution in [1.29, 1.82) is 0 Å². The summed E-state index contributed by atoms with van der Waals surface area (Å²) in [5.74, 6) is 0.643. The van der Waals surface area contributed by atoms with Crippen LogP contribution in [0.3, 0.4) is 0 Å². The molecule has 3 atom stereocenters. The molecular weight excluding hydrogens is 382 g/mol. The second kappa shape index (κ2) is 7.12. The molecule has 0 bridgehead atoms. The first kappa shape index (κ1) is 18.8. The van der Waals surface area contributed by atoms with Crippen molar-refractivity contribution in [3.05, 3.63) is 50.6 Å². The van der Waals surface area contributed by atoms with Crippen LogP contribution < -0.4 is 0 Å². The number of rotatable bonds is 4. The number of aromatic nitrogens is 3. The molecule has 0 unspecified atom stereocenters. The number of ether oxygens (including phenoxy) is 1. The van der Waals surface area contributed by atoms with Gasteiger partial charge in [0.2, 0.25) is 10.8 Å². The molecule has 0 aliphatic carbocycles. The third-order valence-electron chi connectivity index (χ3n) is 4.79. The molecule has 1 N–H and O–H groups in total. The molecule has 1 saturated heterocycles. The van der Waals surface area contributed by atoms with E-state index in [4.69, 9.17) is 4.74 Å². The van der Waals surface area contributed by atoms with E-state index in [9.17, 15) is 15.2 Å². The molecule has 1 aliphatic heterocycles. The number of hydrogen-bond donors (Lipinski definition) is 1. The molecule has 3 aromatic rings. The quantitative estimate of drug-likeness (QED) is 0.527. The van der Waals surface area contributed by atoms with Gasteiger partial charge < -0.3 is 9.84 Å². The smallest absolute Gasteiger partial charge is 0.269 e. The lowest BCUT2D eigenvalue weighted by Crippen LogP contribution is -2.47. The summed E-state index contributed by atoms with van der Waals surface area (Å²) in [6.07, 6.45) is 0.0757. The van der Waals surface area contributed by atoms with Gasteiger partial charge in [-0.2, -0.15) is 4.52 Å². The zero-order valence-corrected chi connectivity index (χ0v) is 16.6. The minimum Gasteiger partial charge on any atom is -0.492 e. The van der Waals surface area contributed by atoms with Gasteiger partial charge in [0.15, 0.2) is 0 Å². The van der Waals surface area contributed by atoms with Crippen LogP contribution in [-0.4, -0.2) is 54.8 Å². The predicted molar refractivity (Wildman–Crippen MR) is 104 cm³/mol. The number of aromatic hydroxyl groups is 1. The summed E-state index contributed by atoms with van der Waals surface area (Å²) in [6, 6.07) is 6.20. The van der Waals surface area contributed by atoms with Crippen molar-refractivity contribution in [2.45, 2.75) is 39.0 Å². The summed E-state index contributed by atoms with van der Waals surface area (Å²) in [5.41, 5.74) is 0.900. The third-order valence-corrected chi connectivity index (χ3v) is 5.86. The Morgan fingerprint density at radius 2 is 1.93 bits per heavy atom. The van der Waals surface area contributed by atoms with Crippen molar-refractivity contribution in [3.8, 4) is 5.88 Å². The molecule has 4 rings (SSSR count). The van der Waals surface area contributed by atoms with E-state index >= 15 is 0 Å². The summed E-state index contributed by atoms with van der Waals surface area (Å²) in [5, 5.41) is 26.1. The summed E-state index contributed by atoms with van der Waals surface area (Å²) < 4.78 is 7.30. The first-order valence-corrected chi connectivity index (χ1v) is 9.84. The maximum absolute atomic E-state index is 11.0. The number of morpholine rings is 1. The largest absolute Gasteiger partial charge is 0.492 e. The number of non-ortho nitro benzene ring substituents is 1. The van der Waals surface area contributed by atoms with Crippen LogP contribution in [0.25, 0.3) is 4.96 Å². The van der Waals surface area contributed by atoms with Gasteiger partial charge in [-0.1, -0.05) is 23.5 Å². The zero-order chi connectivity index (χ0) is 20.0. The van der Waals surface area contributed by atoms with Crippen LogP contribution in [-0.2, 0) is 4.74 Å². The fourth-order valence-electron chi connectivity index (χ4n) is 3.76. The van der Waals surface area contributed by atoms with Crippen LogP contribution in [0.4, 0.5) is 5.69 Å². The fourth-order valence-corrected chi connectivity index (χ4v) is 4.92. The van der Waals surface area contributed by atoms with Gasteiger partial charge in [-0.25, -0.2) is 4.98 Å². The number of fused-ring (bicyclic) bond motifs is 1. The van der Waals surface area contributed by atoms with Gasteiger partial charge in [-0.15, -0.1) is 5.10 Å². The first-order chi connectivity index (χ1) is 13.3. The molecule has 28 heavy (non-hydrogen) atoms. The molecule has 0 spiro atoms. The van der Waals surface area contributed by atoms with Crippen molar-refractivity contribution < 1.29 is 14.8 Å². The number of nitro groups is 1. The van der Waals surface area contributed by atoms with E-state index in [1.165, 1.54) is 28.0 Å².